The van der Waals surface area contributed by atoms with Crippen LogP contribution in [0.5, 0.6) is 0 Å². The van der Waals surface area contributed by atoms with Gasteiger partial charge in [0.15, 0.2) is 0 Å². The topological polar surface area (TPSA) is 94.4 Å². The van der Waals surface area contributed by atoms with Gasteiger partial charge in [-0.25, -0.2) is 4.79 Å². The van der Waals surface area contributed by atoms with Crippen molar-refractivity contribution in [3.8, 4) is 0 Å². The Morgan fingerprint density at radius 3 is 2.72 bits per heavy atom. The SMILES string of the molecule is CNCCCOC1CC(c2ccc3c(c2)n(C)c(=O)n3C2CCC(=O)NC2=O)C1. The molecular weight excluding hydrogens is 372 g/mol. The summed E-state index contributed by atoms with van der Waals surface area (Å²) >= 11 is 0. The molecule has 1 atom stereocenters. The van der Waals surface area contributed by atoms with Gasteiger partial charge in [-0.15, -0.1) is 0 Å². The molecule has 8 heteroatoms. The molecule has 2 amide bonds. The van der Waals surface area contributed by atoms with E-state index in [0.717, 1.165) is 43.4 Å². The number of aryl methyl sites for hydroxylation is 1. The smallest absolute Gasteiger partial charge is 0.329 e. The molecule has 0 spiro atoms. The Balaban J connectivity index is 1.51. The average molecular weight is 400 g/mol. The Labute approximate surface area is 169 Å². The number of nitrogens with one attached hydrogen (secondary N) is 2. The van der Waals surface area contributed by atoms with Gasteiger partial charge in [-0.05, 0) is 62.9 Å². The summed E-state index contributed by atoms with van der Waals surface area (Å²) < 4.78 is 9.01. The molecule has 156 valence electrons. The quantitative estimate of drug-likeness (QED) is 0.538. The van der Waals surface area contributed by atoms with Crippen LogP contribution in [0.3, 0.4) is 0 Å². The maximum absolute atomic E-state index is 12.8. The molecule has 2 aliphatic rings. The molecule has 4 rings (SSSR count). The first-order chi connectivity index (χ1) is 14.0. The molecule has 29 heavy (non-hydrogen) atoms. The van der Waals surface area contributed by atoms with Gasteiger partial charge in [0.2, 0.25) is 11.8 Å². The van der Waals surface area contributed by atoms with Gasteiger partial charge < -0.3 is 10.1 Å². The van der Waals surface area contributed by atoms with Gasteiger partial charge in [0.25, 0.3) is 0 Å². The van der Waals surface area contributed by atoms with E-state index in [1.165, 1.54) is 10.1 Å². The van der Waals surface area contributed by atoms with E-state index in [9.17, 15) is 14.4 Å². The number of aromatic nitrogens is 2. The summed E-state index contributed by atoms with van der Waals surface area (Å²) in [4.78, 5) is 36.6. The number of ether oxygens (including phenoxy) is 1. The van der Waals surface area contributed by atoms with Crippen LogP contribution in [0.2, 0.25) is 0 Å². The molecule has 2 heterocycles. The molecule has 2 aromatic rings. The lowest BCUT2D eigenvalue weighted by molar-refractivity contribution is -0.135. The summed E-state index contributed by atoms with van der Waals surface area (Å²) in [6, 6.07) is 5.39. The molecule has 2 N–H and O–H groups in total. The predicted octanol–water partition coefficient (Wildman–Crippen LogP) is 1.19. The summed E-state index contributed by atoms with van der Waals surface area (Å²) in [6.07, 6.45) is 3.90. The standard InChI is InChI=1S/C21H28N4O4/c1-22-8-3-9-29-15-10-14(11-15)13-4-5-16-18(12-13)24(2)21(28)25(16)17-6-7-19(26)23-20(17)27/h4-5,12,14-15,17,22H,3,6-11H2,1-2H3,(H,23,26,27). The van der Waals surface area contributed by atoms with Crippen molar-refractivity contribution in [2.24, 2.45) is 7.05 Å². The number of nitrogens with zero attached hydrogens (tertiary/aromatic N) is 2. The van der Waals surface area contributed by atoms with E-state index in [2.05, 4.69) is 16.7 Å². The number of hydrogen-bond acceptors (Lipinski definition) is 5. The Morgan fingerprint density at radius 2 is 2.00 bits per heavy atom. The van der Waals surface area contributed by atoms with Crippen LogP contribution < -0.4 is 16.3 Å². The number of hydrogen-bond donors (Lipinski definition) is 2. The molecule has 0 radical (unpaired) electrons. The predicted molar refractivity (Wildman–Crippen MR) is 109 cm³/mol. The number of imidazole rings is 1. The number of fused-ring (bicyclic) bond motifs is 1. The van der Waals surface area contributed by atoms with Gasteiger partial charge in [0, 0.05) is 20.1 Å². The molecule has 8 nitrogen and oxygen atoms in total. The zero-order valence-corrected chi connectivity index (χ0v) is 16.9. The number of carbonyl (C=O) groups is 2. The van der Waals surface area contributed by atoms with Crippen molar-refractivity contribution in [1.29, 1.82) is 0 Å². The van der Waals surface area contributed by atoms with E-state index >= 15 is 0 Å². The lowest BCUT2D eigenvalue weighted by Crippen LogP contribution is -2.44. The van der Waals surface area contributed by atoms with Gasteiger partial charge >= 0.3 is 5.69 Å². The summed E-state index contributed by atoms with van der Waals surface area (Å²) in [6.45, 7) is 1.74. The van der Waals surface area contributed by atoms with E-state index in [4.69, 9.17) is 4.74 Å². The molecular formula is C21H28N4O4. The number of amides is 2. The second kappa shape index (κ2) is 8.12. The van der Waals surface area contributed by atoms with E-state index in [0.29, 0.717) is 18.4 Å². The molecule has 1 saturated heterocycles. The molecule has 2 fully saturated rings. The summed E-state index contributed by atoms with van der Waals surface area (Å²) in [7, 11) is 3.67. The van der Waals surface area contributed by atoms with E-state index < -0.39 is 11.9 Å². The van der Waals surface area contributed by atoms with Gasteiger partial charge in [0.1, 0.15) is 6.04 Å². The van der Waals surface area contributed by atoms with Gasteiger partial charge in [-0.2, -0.15) is 0 Å². The van der Waals surface area contributed by atoms with Crippen LogP contribution in [0.4, 0.5) is 0 Å². The normalized spacial score (nSPS) is 24.6. The number of imide groups is 1. The van der Waals surface area contributed by atoms with E-state index in [1.807, 2.05) is 19.2 Å². The highest BCUT2D eigenvalue weighted by Gasteiger charge is 2.33. The van der Waals surface area contributed by atoms with Crippen LogP contribution in [-0.2, 0) is 21.4 Å². The highest BCUT2D eigenvalue weighted by Crippen LogP contribution is 2.39. The van der Waals surface area contributed by atoms with Crippen molar-refractivity contribution in [3.63, 3.8) is 0 Å². The summed E-state index contributed by atoms with van der Waals surface area (Å²) in [5.74, 6) is -0.255. The third-order valence-corrected chi connectivity index (χ3v) is 6.13. The first kappa shape index (κ1) is 19.8. The number of piperidine rings is 1. The first-order valence-electron chi connectivity index (χ1n) is 10.3. The lowest BCUT2D eigenvalue weighted by atomic mass is 9.77. The molecule has 1 aliphatic carbocycles. The fourth-order valence-electron chi connectivity index (χ4n) is 4.34. The van der Waals surface area contributed by atoms with Crippen molar-refractivity contribution < 1.29 is 14.3 Å². The molecule has 1 aromatic carbocycles. The third-order valence-electron chi connectivity index (χ3n) is 6.13. The summed E-state index contributed by atoms with van der Waals surface area (Å²) in [5, 5.41) is 5.46. The van der Waals surface area contributed by atoms with Crippen molar-refractivity contribution in [3.05, 3.63) is 34.2 Å². The first-order valence-corrected chi connectivity index (χ1v) is 10.3. The maximum atomic E-state index is 12.8. The minimum Gasteiger partial charge on any atom is -0.378 e. The largest absolute Gasteiger partial charge is 0.378 e. The molecule has 1 aromatic heterocycles. The lowest BCUT2D eigenvalue weighted by Gasteiger charge is -2.35. The minimum atomic E-state index is -0.645. The number of benzene rings is 1. The third kappa shape index (κ3) is 3.74. The van der Waals surface area contributed by atoms with Crippen molar-refractivity contribution in [1.82, 2.24) is 19.8 Å². The zero-order valence-electron chi connectivity index (χ0n) is 16.9. The fourth-order valence-corrected chi connectivity index (χ4v) is 4.34. The average Bonchev–Trinajstić information content (AvgIpc) is 2.91. The van der Waals surface area contributed by atoms with E-state index in [-0.39, 0.29) is 18.0 Å². The monoisotopic (exact) mass is 400 g/mol. The minimum absolute atomic E-state index is 0.231. The number of carbonyl (C=O) groups excluding carboxylic acids is 2. The van der Waals surface area contributed by atoms with Crippen molar-refractivity contribution >= 4 is 22.8 Å². The summed E-state index contributed by atoms with van der Waals surface area (Å²) in [5.41, 5.74) is 2.51. The maximum Gasteiger partial charge on any atom is 0.329 e. The van der Waals surface area contributed by atoms with Gasteiger partial charge in [-0.1, -0.05) is 6.07 Å². The van der Waals surface area contributed by atoms with Crippen molar-refractivity contribution in [2.75, 3.05) is 20.2 Å². The molecule has 1 saturated carbocycles. The van der Waals surface area contributed by atoms with Crippen LogP contribution in [0.15, 0.2) is 23.0 Å². The van der Waals surface area contributed by atoms with Crippen LogP contribution in [0.25, 0.3) is 11.0 Å². The van der Waals surface area contributed by atoms with Crippen LogP contribution in [-0.4, -0.2) is 47.3 Å². The molecule has 0 bridgehead atoms. The highest BCUT2D eigenvalue weighted by atomic mass is 16.5. The Morgan fingerprint density at radius 1 is 1.21 bits per heavy atom. The van der Waals surface area contributed by atoms with Crippen LogP contribution >= 0.6 is 0 Å². The van der Waals surface area contributed by atoms with E-state index in [1.54, 1.807) is 11.6 Å². The Bertz CT molecular complexity index is 986. The second-order valence-electron chi connectivity index (χ2n) is 8.04. The van der Waals surface area contributed by atoms with Crippen LogP contribution in [0.1, 0.15) is 49.6 Å². The Hall–Kier alpha value is -2.45. The van der Waals surface area contributed by atoms with Crippen molar-refractivity contribution in [2.45, 2.75) is 50.2 Å². The van der Waals surface area contributed by atoms with Gasteiger partial charge in [0.05, 0.1) is 17.1 Å². The molecule has 1 unspecified atom stereocenters. The van der Waals surface area contributed by atoms with Gasteiger partial charge in [-0.3, -0.25) is 24.0 Å². The Kier molecular flexibility index (Phi) is 5.56. The molecule has 1 aliphatic heterocycles. The fraction of sp³-hybridized carbons (Fsp3) is 0.571. The number of rotatable bonds is 7. The highest BCUT2D eigenvalue weighted by molar-refractivity contribution is 6.00. The zero-order chi connectivity index (χ0) is 20.5. The second-order valence-corrected chi connectivity index (χ2v) is 8.04. The van der Waals surface area contributed by atoms with Crippen LogP contribution in [0, 0.1) is 0 Å².